The molecular formula is C19H25NO2. The van der Waals surface area contributed by atoms with Gasteiger partial charge in [-0.2, -0.15) is 0 Å². The van der Waals surface area contributed by atoms with Crippen LogP contribution < -0.4 is 14.8 Å². The Hall–Kier alpha value is -2.00. The number of rotatable bonds is 8. The third kappa shape index (κ3) is 5.08. The van der Waals surface area contributed by atoms with Crippen molar-refractivity contribution in [3.63, 3.8) is 0 Å². The number of ether oxygens (including phenoxy) is 2. The fourth-order valence-corrected chi connectivity index (χ4v) is 2.45. The summed E-state index contributed by atoms with van der Waals surface area (Å²) < 4.78 is 11.8. The van der Waals surface area contributed by atoms with Gasteiger partial charge >= 0.3 is 0 Å². The Labute approximate surface area is 133 Å². The normalized spacial score (nSPS) is 18.5. The molecule has 1 aromatic rings. The van der Waals surface area contributed by atoms with Gasteiger partial charge in [-0.3, -0.25) is 0 Å². The Kier molecular flexibility index (Phi) is 6.78. The molecule has 3 heteroatoms. The number of hydrogen-bond donors (Lipinski definition) is 1. The van der Waals surface area contributed by atoms with E-state index in [4.69, 9.17) is 9.47 Å². The molecule has 0 aromatic heterocycles. The topological polar surface area (TPSA) is 30.5 Å². The Morgan fingerprint density at radius 1 is 1.23 bits per heavy atom. The number of nitrogens with one attached hydrogen (secondary N) is 1. The van der Waals surface area contributed by atoms with Gasteiger partial charge in [-0.25, -0.2) is 0 Å². The monoisotopic (exact) mass is 299 g/mol. The van der Waals surface area contributed by atoms with Crippen molar-refractivity contribution in [1.29, 1.82) is 0 Å². The van der Waals surface area contributed by atoms with Gasteiger partial charge in [-0.1, -0.05) is 43.5 Å². The average Bonchev–Trinajstić information content (AvgIpc) is 2.58. The summed E-state index contributed by atoms with van der Waals surface area (Å²) in [5.41, 5.74) is 0.987. The van der Waals surface area contributed by atoms with Crippen molar-refractivity contribution in [3.8, 4) is 11.5 Å². The summed E-state index contributed by atoms with van der Waals surface area (Å²) in [6.45, 7) is 10.8. The van der Waals surface area contributed by atoms with E-state index in [1.54, 1.807) is 12.2 Å². The predicted molar refractivity (Wildman–Crippen MR) is 91.5 cm³/mol. The largest absolute Gasteiger partial charge is 0.489 e. The fraction of sp³-hybridized carbons (Fsp3) is 0.368. The Balaban J connectivity index is 1.92. The smallest absolute Gasteiger partial charge is 0.161 e. The van der Waals surface area contributed by atoms with Crippen LogP contribution in [0, 0.1) is 5.92 Å². The van der Waals surface area contributed by atoms with Crippen LogP contribution >= 0.6 is 0 Å². The molecule has 118 valence electrons. The second kappa shape index (κ2) is 9.11. The highest BCUT2D eigenvalue weighted by Crippen LogP contribution is 2.28. The molecule has 0 aliphatic carbocycles. The lowest BCUT2D eigenvalue weighted by Gasteiger charge is -2.23. The maximum absolute atomic E-state index is 5.97. The SMILES string of the molecule is C=C/C=C(\C=C)COc1ccccc1OCC1CCCNC1. The molecular weight excluding hydrogens is 274 g/mol. The molecule has 0 bridgehead atoms. The lowest BCUT2D eigenvalue weighted by atomic mass is 10.0. The lowest BCUT2D eigenvalue weighted by molar-refractivity contribution is 0.209. The molecule has 22 heavy (non-hydrogen) atoms. The summed E-state index contributed by atoms with van der Waals surface area (Å²) in [5.74, 6) is 2.14. The molecule has 1 aliphatic rings. The number of benzene rings is 1. The molecule has 1 aromatic carbocycles. The van der Waals surface area contributed by atoms with E-state index in [1.807, 2.05) is 30.3 Å². The van der Waals surface area contributed by atoms with E-state index in [-0.39, 0.29) is 0 Å². The molecule has 1 N–H and O–H groups in total. The van der Waals surface area contributed by atoms with Crippen molar-refractivity contribution in [1.82, 2.24) is 5.32 Å². The first-order valence-electron chi connectivity index (χ1n) is 7.83. The molecule has 1 saturated heterocycles. The van der Waals surface area contributed by atoms with Crippen molar-refractivity contribution in [2.75, 3.05) is 26.3 Å². The molecule has 1 heterocycles. The molecule has 1 atom stereocenters. The Morgan fingerprint density at radius 3 is 2.64 bits per heavy atom. The summed E-state index contributed by atoms with van der Waals surface area (Å²) in [7, 11) is 0. The van der Waals surface area contributed by atoms with Crippen LogP contribution in [0.2, 0.25) is 0 Å². The average molecular weight is 299 g/mol. The molecule has 1 unspecified atom stereocenters. The zero-order valence-corrected chi connectivity index (χ0v) is 13.1. The van der Waals surface area contributed by atoms with Gasteiger partial charge in [0.25, 0.3) is 0 Å². The Bertz CT molecular complexity index is 516. The quantitative estimate of drug-likeness (QED) is 0.742. The Morgan fingerprint density at radius 2 is 2.00 bits per heavy atom. The molecule has 1 aliphatic heterocycles. The second-order valence-electron chi connectivity index (χ2n) is 5.44. The van der Waals surface area contributed by atoms with E-state index in [0.717, 1.165) is 36.8 Å². The molecule has 0 saturated carbocycles. The van der Waals surface area contributed by atoms with Crippen molar-refractivity contribution in [2.24, 2.45) is 5.92 Å². The van der Waals surface area contributed by atoms with Crippen molar-refractivity contribution in [2.45, 2.75) is 12.8 Å². The highest BCUT2D eigenvalue weighted by Gasteiger charge is 2.14. The van der Waals surface area contributed by atoms with Gasteiger partial charge in [0.05, 0.1) is 6.61 Å². The van der Waals surface area contributed by atoms with Crippen LogP contribution in [0.5, 0.6) is 11.5 Å². The van der Waals surface area contributed by atoms with E-state index in [0.29, 0.717) is 12.5 Å². The highest BCUT2D eigenvalue weighted by molar-refractivity contribution is 5.40. The van der Waals surface area contributed by atoms with E-state index in [1.165, 1.54) is 12.8 Å². The van der Waals surface area contributed by atoms with Crippen LogP contribution in [0.25, 0.3) is 0 Å². The first-order valence-corrected chi connectivity index (χ1v) is 7.83. The van der Waals surface area contributed by atoms with E-state index in [9.17, 15) is 0 Å². The van der Waals surface area contributed by atoms with Crippen LogP contribution in [-0.4, -0.2) is 26.3 Å². The second-order valence-corrected chi connectivity index (χ2v) is 5.44. The summed E-state index contributed by atoms with van der Waals surface area (Å²) in [6.07, 6.45) is 7.85. The van der Waals surface area contributed by atoms with Crippen molar-refractivity contribution >= 4 is 0 Å². The number of hydrogen-bond acceptors (Lipinski definition) is 3. The highest BCUT2D eigenvalue weighted by atomic mass is 16.5. The first-order chi connectivity index (χ1) is 10.8. The van der Waals surface area contributed by atoms with Gasteiger partial charge in [0.1, 0.15) is 6.61 Å². The number of para-hydroxylation sites is 2. The third-order valence-corrected chi connectivity index (χ3v) is 3.71. The molecule has 0 spiro atoms. The first kappa shape index (κ1) is 16.4. The van der Waals surface area contributed by atoms with E-state index >= 15 is 0 Å². The van der Waals surface area contributed by atoms with Gasteiger partial charge < -0.3 is 14.8 Å². The van der Waals surface area contributed by atoms with E-state index < -0.39 is 0 Å². The van der Waals surface area contributed by atoms with Crippen molar-refractivity contribution in [3.05, 3.63) is 61.2 Å². The van der Waals surface area contributed by atoms with Crippen LogP contribution in [-0.2, 0) is 0 Å². The fourth-order valence-electron chi connectivity index (χ4n) is 2.45. The van der Waals surface area contributed by atoms with Gasteiger partial charge in [0, 0.05) is 12.5 Å². The summed E-state index contributed by atoms with van der Waals surface area (Å²) in [5, 5.41) is 3.41. The van der Waals surface area contributed by atoms with Crippen molar-refractivity contribution < 1.29 is 9.47 Å². The van der Waals surface area contributed by atoms with Crippen LogP contribution in [0.3, 0.4) is 0 Å². The maximum atomic E-state index is 5.97. The van der Waals surface area contributed by atoms with Gasteiger partial charge in [0.15, 0.2) is 11.5 Å². The molecule has 0 radical (unpaired) electrons. The van der Waals surface area contributed by atoms with Crippen LogP contribution in [0.4, 0.5) is 0 Å². The minimum atomic E-state index is 0.459. The van der Waals surface area contributed by atoms with Crippen LogP contribution in [0.1, 0.15) is 12.8 Å². The molecule has 1 fully saturated rings. The summed E-state index contributed by atoms with van der Waals surface area (Å²) in [6, 6.07) is 7.81. The lowest BCUT2D eigenvalue weighted by Crippen LogP contribution is -2.33. The van der Waals surface area contributed by atoms with Crippen LogP contribution in [0.15, 0.2) is 61.2 Å². The molecule has 0 amide bonds. The number of allylic oxidation sites excluding steroid dienone is 2. The van der Waals surface area contributed by atoms with E-state index in [2.05, 4.69) is 18.5 Å². The van der Waals surface area contributed by atoms with Gasteiger partial charge in [-0.05, 0) is 37.1 Å². The van der Waals surface area contributed by atoms with Gasteiger partial charge in [-0.15, -0.1) is 0 Å². The molecule has 3 nitrogen and oxygen atoms in total. The number of piperidine rings is 1. The predicted octanol–water partition coefficient (Wildman–Crippen LogP) is 3.74. The zero-order valence-electron chi connectivity index (χ0n) is 13.1. The summed E-state index contributed by atoms with van der Waals surface area (Å²) in [4.78, 5) is 0. The standard InChI is InChI=1S/C19H25NO2/c1-3-8-16(4-2)14-21-18-10-5-6-11-19(18)22-15-17-9-7-12-20-13-17/h3-6,8,10-11,17,20H,1-2,7,9,12-15H2/b16-8+. The molecule has 2 rings (SSSR count). The maximum Gasteiger partial charge on any atom is 0.161 e. The minimum Gasteiger partial charge on any atom is -0.489 e. The third-order valence-electron chi connectivity index (χ3n) is 3.71. The summed E-state index contributed by atoms with van der Waals surface area (Å²) >= 11 is 0. The van der Waals surface area contributed by atoms with Gasteiger partial charge in [0.2, 0.25) is 0 Å². The minimum absolute atomic E-state index is 0.459. The zero-order chi connectivity index (χ0) is 15.6.